The van der Waals surface area contributed by atoms with E-state index in [1.54, 1.807) is 0 Å². The number of aliphatic hydroxyl groups is 1. The lowest BCUT2D eigenvalue weighted by molar-refractivity contribution is -0.0636. The Hall–Kier alpha value is -2.30. The molecular formula is C27H36N2O2. The fourth-order valence-corrected chi connectivity index (χ4v) is 4.43. The van der Waals surface area contributed by atoms with Gasteiger partial charge in [-0.05, 0) is 31.0 Å². The second-order valence-electron chi connectivity index (χ2n) is 8.56. The minimum atomic E-state index is -1.14. The zero-order valence-electron chi connectivity index (χ0n) is 18.7. The molecule has 0 spiro atoms. The van der Waals surface area contributed by atoms with Crippen LogP contribution in [0.5, 0.6) is 0 Å². The van der Waals surface area contributed by atoms with Crippen LogP contribution in [0.1, 0.15) is 61.4 Å². The lowest BCUT2D eigenvalue weighted by atomic mass is 9.72. The van der Waals surface area contributed by atoms with Gasteiger partial charge in [-0.3, -0.25) is 9.79 Å². The molecule has 3 rings (SSSR count). The molecule has 1 heterocycles. The molecule has 2 unspecified atom stereocenters. The summed E-state index contributed by atoms with van der Waals surface area (Å²) in [6.45, 7) is 5.32. The highest BCUT2D eigenvalue weighted by Gasteiger charge is 2.46. The molecule has 0 amide bonds. The average molecular weight is 421 g/mol. The van der Waals surface area contributed by atoms with Crippen molar-refractivity contribution in [1.82, 2.24) is 4.90 Å². The number of rotatable bonds is 11. The SMILES string of the molecule is CCCCCCN=CCCN1CCC(O)(c2ccccc2)C(C(=O)c2ccccc2)C1. The molecule has 166 valence electrons. The fourth-order valence-electron chi connectivity index (χ4n) is 4.43. The average Bonchev–Trinajstić information content (AvgIpc) is 2.82. The van der Waals surface area contributed by atoms with E-state index in [2.05, 4.69) is 16.8 Å². The predicted molar refractivity (Wildman–Crippen MR) is 128 cm³/mol. The molecule has 31 heavy (non-hydrogen) atoms. The number of piperidine rings is 1. The molecular weight excluding hydrogens is 384 g/mol. The van der Waals surface area contributed by atoms with Crippen LogP contribution in [0.25, 0.3) is 0 Å². The maximum atomic E-state index is 13.4. The molecule has 2 aromatic rings. The van der Waals surface area contributed by atoms with E-state index < -0.39 is 11.5 Å². The molecule has 0 saturated carbocycles. The van der Waals surface area contributed by atoms with Crippen molar-refractivity contribution in [3.63, 3.8) is 0 Å². The molecule has 0 aromatic heterocycles. The number of carbonyl (C=O) groups is 1. The van der Waals surface area contributed by atoms with Crippen molar-refractivity contribution in [2.45, 2.75) is 51.0 Å². The highest BCUT2D eigenvalue weighted by molar-refractivity contribution is 5.99. The number of hydrogen-bond acceptors (Lipinski definition) is 4. The molecule has 0 radical (unpaired) electrons. The van der Waals surface area contributed by atoms with Gasteiger partial charge >= 0.3 is 0 Å². The summed E-state index contributed by atoms with van der Waals surface area (Å²) >= 11 is 0. The Labute approximate surface area is 187 Å². The van der Waals surface area contributed by atoms with Crippen molar-refractivity contribution in [2.24, 2.45) is 10.9 Å². The monoisotopic (exact) mass is 420 g/mol. The topological polar surface area (TPSA) is 52.9 Å². The molecule has 2 aromatic carbocycles. The molecule has 1 saturated heterocycles. The zero-order chi connectivity index (χ0) is 21.9. The Balaban J connectivity index is 1.65. The fraction of sp³-hybridized carbons (Fsp3) is 0.481. The third-order valence-electron chi connectivity index (χ3n) is 6.32. The lowest BCUT2D eigenvalue weighted by Crippen LogP contribution is -2.53. The van der Waals surface area contributed by atoms with Gasteiger partial charge in [-0.1, -0.05) is 86.8 Å². The maximum Gasteiger partial charge on any atom is 0.170 e. The minimum absolute atomic E-state index is 0.0150. The molecule has 2 atom stereocenters. The molecule has 1 N–H and O–H groups in total. The summed E-state index contributed by atoms with van der Waals surface area (Å²) in [4.78, 5) is 20.3. The van der Waals surface area contributed by atoms with E-state index in [1.165, 1.54) is 19.3 Å². The van der Waals surface area contributed by atoms with Crippen LogP contribution < -0.4 is 0 Å². The first-order chi connectivity index (χ1) is 15.1. The van der Waals surface area contributed by atoms with Gasteiger partial charge in [0.15, 0.2) is 5.78 Å². The number of Topliss-reactive ketones (excluding diaryl/α,β-unsaturated/α-hetero) is 1. The molecule has 0 bridgehead atoms. The number of likely N-dealkylation sites (tertiary alicyclic amines) is 1. The largest absolute Gasteiger partial charge is 0.384 e. The van der Waals surface area contributed by atoms with Crippen LogP contribution in [-0.4, -0.2) is 48.2 Å². The van der Waals surface area contributed by atoms with Crippen molar-refractivity contribution >= 4 is 12.0 Å². The molecule has 1 fully saturated rings. The van der Waals surface area contributed by atoms with Gasteiger partial charge < -0.3 is 10.0 Å². The predicted octanol–water partition coefficient (Wildman–Crippen LogP) is 5.12. The summed E-state index contributed by atoms with van der Waals surface area (Å²) in [5.41, 5.74) is 0.354. The first-order valence-corrected chi connectivity index (χ1v) is 11.7. The summed E-state index contributed by atoms with van der Waals surface area (Å²) in [5, 5.41) is 11.7. The van der Waals surface area contributed by atoms with E-state index in [4.69, 9.17) is 0 Å². The van der Waals surface area contributed by atoms with Crippen molar-refractivity contribution < 1.29 is 9.90 Å². The van der Waals surface area contributed by atoms with Gasteiger partial charge in [0.1, 0.15) is 5.60 Å². The number of unbranched alkanes of at least 4 members (excludes halogenated alkanes) is 3. The smallest absolute Gasteiger partial charge is 0.170 e. The minimum Gasteiger partial charge on any atom is -0.384 e. The van der Waals surface area contributed by atoms with Crippen molar-refractivity contribution in [1.29, 1.82) is 0 Å². The van der Waals surface area contributed by atoms with E-state index in [0.29, 0.717) is 18.5 Å². The van der Waals surface area contributed by atoms with Gasteiger partial charge in [-0.2, -0.15) is 0 Å². The van der Waals surface area contributed by atoms with Crippen LogP contribution >= 0.6 is 0 Å². The normalized spacial score (nSPS) is 22.1. The van der Waals surface area contributed by atoms with Crippen LogP contribution in [-0.2, 0) is 5.60 Å². The highest BCUT2D eigenvalue weighted by atomic mass is 16.3. The van der Waals surface area contributed by atoms with E-state index in [9.17, 15) is 9.90 Å². The Bertz CT molecular complexity index is 822. The Morgan fingerprint density at radius 1 is 1.10 bits per heavy atom. The zero-order valence-corrected chi connectivity index (χ0v) is 18.7. The molecule has 4 nitrogen and oxygen atoms in total. The third kappa shape index (κ3) is 6.34. The van der Waals surface area contributed by atoms with Crippen LogP contribution in [0.15, 0.2) is 65.7 Å². The van der Waals surface area contributed by atoms with Gasteiger partial charge in [0.25, 0.3) is 0 Å². The van der Waals surface area contributed by atoms with E-state index in [0.717, 1.165) is 38.0 Å². The van der Waals surface area contributed by atoms with Crippen LogP contribution in [0.2, 0.25) is 0 Å². The standard InChI is InChI=1S/C27H36N2O2/c1-2-3-4-11-18-28-19-12-20-29-21-17-27(31,24-15-9-6-10-16-24)25(22-29)26(30)23-13-7-5-8-14-23/h5-10,13-16,19,25,31H,2-4,11-12,17-18,20-22H2,1H3. The van der Waals surface area contributed by atoms with Crippen molar-refractivity contribution in [2.75, 3.05) is 26.2 Å². The molecule has 1 aliphatic heterocycles. The lowest BCUT2D eigenvalue weighted by Gasteiger charge is -2.44. The second kappa shape index (κ2) is 11.9. The molecule has 0 aliphatic carbocycles. The van der Waals surface area contributed by atoms with E-state index in [1.807, 2.05) is 66.9 Å². The number of carbonyl (C=O) groups excluding carboxylic acids is 1. The number of benzene rings is 2. The Morgan fingerprint density at radius 2 is 1.81 bits per heavy atom. The number of ketones is 1. The van der Waals surface area contributed by atoms with Crippen molar-refractivity contribution in [3.05, 3.63) is 71.8 Å². The number of nitrogens with zero attached hydrogens (tertiary/aromatic N) is 2. The first kappa shape index (κ1) is 23.4. The number of aliphatic imine (C=N–C) groups is 1. The number of hydrogen-bond donors (Lipinski definition) is 1. The summed E-state index contributed by atoms with van der Waals surface area (Å²) in [6.07, 6.45) is 8.39. The van der Waals surface area contributed by atoms with Crippen LogP contribution in [0, 0.1) is 5.92 Å². The quantitative estimate of drug-likeness (QED) is 0.312. The summed E-state index contributed by atoms with van der Waals surface area (Å²) in [7, 11) is 0. The van der Waals surface area contributed by atoms with Gasteiger partial charge in [0.05, 0.1) is 5.92 Å². The third-order valence-corrected chi connectivity index (χ3v) is 6.32. The Kier molecular flexibility index (Phi) is 8.98. The van der Waals surface area contributed by atoms with Gasteiger partial charge in [-0.25, -0.2) is 0 Å². The van der Waals surface area contributed by atoms with Gasteiger partial charge in [0, 0.05) is 31.7 Å². The first-order valence-electron chi connectivity index (χ1n) is 11.7. The second-order valence-corrected chi connectivity index (χ2v) is 8.56. The molecule has 4 heteroatoms. The Morgan fingerprint density at radius 3 is 2.52 bits per heavy atom. The highest BCUT2D eigenvalue weighted by Crippen LogP contribution is 2.39. The maximum absolute atomic E-state index is 13.4. The van der Waals surface area contributed by atoms with E-state index >= 15 is 0 Å². The van der Waals surface area contributed by atoms with Gasteiger partial charge in [0.2, 0.25) is 0 Å². The van der Waals surface area contributed by atoms with Crippen molar-refractivity contribution in [3.8, 4) is 0 Å². The summed E-state index contributed by atoms with van der Waals surface area (Å²) in [6, 6.07) is 19.0. The van der Waals surface area contributed by atoms with Crippen LogP contribution in [0.4, 0.5) is 0 Å². The van der Waals surface area contributed by atoms with Crippen LogP contribution in [0.3, 0.4) is 0 Å². The van der Waals surface area contributed by atoms with E-state index in [-0.39, 0.29) is 5.78 Å². The summed E-state index contributed by atoms with van der Waals surface area (Å²) in [5.74, 6) is -0.474. The molecule has 1 aliphatic rings. The summed E-state index contributed by atoms with van der Waals surface area (Å²) < 4.78 is 0. The van der Waals surface area contributed by atoms with Gasteiger partial charge in [-0.15, -0.1) is 0 Å².